The van der Waals surface area contributed by atoms with E-state index in [0.717, 1.165) is 28.9 Å². The van der Waals surface area contributed by atoms with E-state index in [1.54, 1.807) is 30.4 Å². The van der Waals surface area contributed by atoms with Gasteiger partial charge in [0.15, 0.2) is 0 Å². The minimum absolute atomic E-state index is 0.0740. The van der Waals surface area contributed by atoms with Crippen LogP contribution in [-0.4, -0.2) is 32.9 Å². The number of aryl methyl sites for hydroxylation is 3. The first-order valence-corrected chi connectivity index (χ1v) is 10.1. The fourth-order valence-electron chi connectivity index (χ4n) is 3.05. The van der Waals surface area contributed by atoms with Crippen LogP contribution in [0.5, 0.6) is 11.6 Å². The second-order valence-corrected chi connectivity index (χ2v) is 7.88. The summed E-state index contributed by atoms with van der Waals surface area (Å²) in [6.45, 7) is 12.5. The summed E-state index contributed by atoms with van der Waals surface area (Å²) in [7, 11) is 0. The van der Waals surface area contributed by atoms with E-state index in [2.05, 4.69) is 25.7 Å². The van der Waals surface area contributed by atoms with E-state index in [1.807, 2.05) is 6.92 Å². The van der Waals surface area contributed by atoms with Crippen LogP contribution in [0, 0.1) is 30.9 Å². The Labute approximate surface area is 168 Å². The lowest BCUT2D eigenvalue weighted by atomic mass is 10.2. The van der Waals surface area contributed by atoms with E-state index in [-0.39, 0.29) is 5.69 Å². The lowest BCUT2D eigenvalue weighted by molar-refractivity contribution is -0.385. The predicted octanol–water partition coefficient (Wildman–Crippen LogP) is 5.16. The monoisotopic (exact) mass is 400 g/mol. The van der Waals surface area contributed by atoms with Crippen molar-refractivity contribution in [2.24, 2.45) is 0 Å². The quantitative estimate of drug-likeness (QED) is 0.402. The van der Waals surface area contributed by atoms with Crippen molar-refractivity contribution in [3.63, 3.8) is 0 Å². The summed E-state index contributed by atoms with van der Waals surface area (Å²) in [5.41, 5.74) is 1.72. The number of nitrogens with zero attached hydrogens (tertiary/aromatic N) is 4. The molecule has 28 heavy (non-hydrogen) atoms. The van der Waals surface area contributed by atoms with Crippen molar-refractivity contribution in [1.82, 2.24) is 14.9 Å². The van der Waals surface area contributed by atoms with Crippen molar-refractivity contribution in [3.8, 4) is 11.6 Å². The molecule has 0 saturated heterocycles. The molecule has 0 spiro atoms. The van der Waals surface area contributed by atoms with Gasteiger partial charge in [-0.15, -0.1) is 11.3 Å². The number of rotatable bonds is 7. The average Bonchev–Trinajstić information content (AvgIpc) is 2.93. The molecule has 0 bridgehead atoms. The molecule has 0 aliphatic rings. The summed E-state index contributed by atoms with van der Waals surface area (Å²) >= 11 is 1.63. The first kappa shape index (κ1) is 20.2. The topological polar surface area (TPSA) is 81.4 Å². The van der Waals surface area contributed by atoms with Crippen LogP contribution in [0.1, 0.15) is 35.7 Å². The molecule has 0 unspecified atom stereocenters. The number of hydrogen-bond acceptors (Lipinski definition) is 7. The highest BCUT2D eigenvalue weighted by molar-refractivity contribution is 7.18. The van der Waals surface area contributed by atoms with Crippen molar-refractivity contribution >= 4 is 27.2 Å². The van der Waals surface area contributed by atoms with Gasteiger partial charge in [0.2, 0.25) is 5.88 Å². The van der Waals surface area contributed by atoms with Gasteiger partial charge in [-0.3, -0.25) is 15.0 Å². The summed E-state index contributed by atoms with van der Waals surface area (Å²) in [5.74, 6) is 1.74. The molecule has 0 aliphatic carbocycles. The van der Waals surface area contributed by atoms with Gasteiger partial charge in [0.1, 0.15) is 16.4 Å². The molecular formula is C20H24N4O3S. The SMILES string of the molecule is CCN(CC)Cc1nc(Oc2ccc([N+](=O)[O-])c(C)c2)c2c(C)c(C)sc2n1. The zero-order chi connectivity index (χ0) is 20.4. The van der Waals surface area contributed by atoms with E-state index in [9.17, 15) is 10.1 Å². The minimum atomic E-state index is -0.392. The van der Waals surface area contributed by atoms with Crippen molar-refractivity contribution in [3.05, 3.63) is 50.1 Å². The molecule has 2 aromatic heterocycles. The highest BCUT2D eigenvalue weighted by Gasteiger charge is 2.18. The van der Waals surface area contributed by atoms with E-state index < -0.39 is 4.92 Å². The largest absolute Gasteiger partial charge is 0.438 e. The molecule has 0 amide bonds. The second-order valence-electron chi connectivity index (χ2n) is 6.68. The summed E-state index contributed by atoms with van der Waals surface area (Å²) in [5, 5.41) is 12.0. The van der Waals surface area contributed by atoms with Gasteiger partial charge >= 0.3 is 0 Å². The predicted molar refractivity (Wildman–Crippen MR) is 111 cm³/mol. The van der Waals surface area contributed by atoms with Crippen LogP contribution < -0.4 is 4.74 Å². The van der Waals surface area contributed by atoms with Gasteiger partial charge in [0, 0.05) is 16.5 Å². The van der Waals surface area contributed by atoms with Gasteiger partial charge < -0.3 is 4.74 Å². The highest BCUT2D eigenvalue weighted by atomic mass is 32.1. The fraction of sp³-hybridized carbons (Fsp3) is 0.400. The van der Waals surface area contributed by atoms with Gasteiger partial charge in [-0.1, -0.05) is 13.8 Å². The molecule has 0 aliphatic heterocycles. The number of benzene rings is 1. The Morgan fingerprint density at radius 3 is 2.50 bits per heavy atom. The minimum Gasteiger partial charge on any atom is -0.438 e. The Kier molecular flexibility index (Phi) is 5.90. The van der Waals surface area contributed by atoms with Gasteiger partial charge in [0.05, 0.1) is 16.9 Å². The van der Waals surface area contributed by atoms with E-state index >= 15 is 0 Å². The van der Waals surface area contributed by atoms with Crippen LogP contribution in [0.4, 0.5) is 5.69 Å². The molecule has 0 radical (unpaired) electrons. The number of aromatic nitrogens is 2. The van der Waals surface area contributed by atoms with E-state index in [0.29, 0.717) is 29.6 Å². The summed E-state index contributed by atoms with van der Waals surface area (Å²) in [6, 6.07) is 4.74. The van der Waals surface area contributed by atoms with Crippen LogP contribution >= 0.6 is 11.3 Å². The number of nitro groups is 1. The summed E-state index contributed by atoms with van der Waals surface area (Å²) in [6.07, 6.45) is 0. The maximum absolute atomic E-state index is 11.1. The van der Waals surface area contributed by atoms with Crippen LogP contribution in [-0.2, 0) is 6.54 Å². The average molecular weight is 401 g/mol. The number of nitro benzene ring substituents is 1. The smallest absolute Gasteiger partial charge is 0.272 e. The van der Waals surface area contributed by atoms with Crippen LogP contribution in [0.15, 0.2) is 18.2 Å². The Morgan fingerprint density at radius 1 is 1.18 bits per heavy atom. The Morgan fingerprint density at radius 2 is 1.89 bits per heavy atom. The van der Waals surface area contributed by atoms with Gasteiger partial charge in [-0.05, 0) is 51.6 Å². The van der Waals surface area contributed by atoms with Crippen LogP contribution in [0.3, 0.4) is 0 Å². The van der Waals surface area contributed by atoms with Crippen molar-refractivity contribution in [2.75, 3.05) is 13.1 Å². The molecular weight excluding hydrogens is 376 g/mol. The lowest BCUT2D eigenvalue weighted by Gasteiger charge is -2.17. The van der Waals surface area contributed by atoms with Crippen molar-refractivity contribution in [1.29, 1.82) is 0 Å². The van der Waals surface area contributed by atoms with Gasteiger partial charge in [0.25, 0.3) is 5.69 Å². The summed E-state index contributed by atoms with van der Waals surface area (Å²) < 4.78 is 6.11. The standard InChI is InChI=1S/C20H24N4O3S/c1-6-23(7-2)11-17-21-19(18-13(4)14(5)28-20(18)22-17)27-15-8-9-16(24(25)26)12(3)10-15/h8-10H,6-7,11H2,1-5H3. The van der Waals surface area contributed by atoms with Crippen molar-refractivity contribution < 1.29 is 9.66 Å². The molecule has 1 aromatic carbocycles. The first-order valence-electron chi connectivity index (χ1n) is 9.25. The molecule has 3 rings (SSSR count). The molecule has 0 N–H and O–H groups in total. The number of fused-ring (bicyclic) bond motifs is 1. The fourth-order valence-corrected chi connectivity index (χ4v) is 4.09. The van der Waals surface area contributed by atoms with E-state index in [1.165, 1.54) is 10.9 Å². The second kappa shape index (κ2) is 8.20. The molecule has 148 valence electrons. The molecule has 8 heteroatoms. The number of ether oxygens (including phenoxy) is 1. The molecule has 0 atom stereocenters. The molecule has 0 saturated carbocycles. The molecule has 7 nitrogen and oxygen atoms in total. The summed E-state index contributed by atoms with van der Waals surface area (Å²) in [4.78, 5) is 24.4. The first-order chi connectivity index (χ1) is 13.3. The van der Waals surface area contributed by atoms with Crippen molar-refractivity contribution in [2.45, 2.75) is 41.2 Å². The molecule has 3 aromatic rings. The number of thiophene rings is 1. The Hall–Kier alpha value is -2.58. The molecule has 2 heterocycles. The highest BCUT2D eigenvalue weighted by Crippen LogP contribution is 2.37. The normalized spacial score (nSPS) is 11.4. The maximum atomic E-state index is 11.1. The van der Waals surface area contributed by atoms with Gasteiger partial charge in [-0.2, -0.15) is 4.98 Å². The van der Waals surface area contributed by atoms with Gasteiger partial charge in [-0.25, -0.2) is 4.98 Å². The third kappa shape index (κ3) is 3.98. The van der Waals surface area contributed by atoms with E-state index in [4.69, 9.17) is 14.7 Å². The lowest BCUT2D eigenvalue weighted by Crippen LogP contribution is -2.23. The van der Waals surface area contributed by atoms with Crippen LogP contribution in [0.25, 0.3) is 10.2 Å². The Balaban J connectivity index is 2.05. The maximum Gasteiger partial charge on any atom is 0.272 e. The number of hydrogen-bond donors (Lipinski definition) is 0. The third-order valence-electron chi connectivity index (χ3n) is 4.88. The molecule has 0 fully saturated rings. The Bertz CT molecular complexity index is 1030. The zero-order valence-corrected chi connectivity index (χ0v) is 17.6. The van der Waals surface area contributed by atoms with Crippen LogP contribution in [0.2, 0.25) is 0 Å². The third-order valence-corrected chi connectivity index (χ3v) is 5.98. The zero-order valence-electron chi connectivity index (χ0n) is 16.8.